The fourth-order valence-electron chi connectivity index (χ4n) is 2.30. The molecule has 1 aliphatic heterocycles. The number of amides is 1. The van der Waals surface area contributed by atoms with Crippen LogP contribution in [-0.4, -0.2) is 31.0 Å². The maximum Gasteiger partial charge on any atom is 0.222 e. The first-order valence-electron chi connectivity index (χ1n) is 6.36. The average molecular weight is 248 g/mol. The van der Waals surface area contributed by atoms with E-state index in [4.69, 9.17) is 5.73 Å². The van der Waals surface area contributed by atoms with E-state index in [-0.39, 0.29) is 11.8 Å². The van der Waals surface area contributed by atoms with Crippen molar-refractivity contribution in [1.82, 2.24) is 10.3 Å². The van der Waals surface area contributed by atoms with Gasteiger partial charge in [0.05, 0.1) is 0 Å². The Kier molecular flexibility index (Phi) is 4.15. The van der Waals surface area contributed by atoms with E-state index in [0.29, 0.717) is 6.54 Å². The van der Waals surface area contributed by atoms with E-state index in [2.05, 4.69) is 15.2 Å². The first kappa shape index (κ1) is 12.8. The lowest BCUT2D eigenvalue weighted by molar-refractivity contribution is -0.125. The summed E-state index contributed by atoms with van der Waals surface area (Å²) >= 11 is 0. The molecule has 0 unspecified atom stereocenters. The number of rotatable bonds is 3. The van der Waals surface area contributed by atoms with Gasteiger partial charge in [-0.3, -0.25) is 4.79 Å². The number of carbonyl (C=O) groups excluding carboxylic acids is 1. The minimum absolute atomic E-state index is 0.148. The number of nitrogens with one attached hydrogen (secondary N) is 1. The van der Waals surface area contributed by atoms with Gasteiger partial charge in [-0.15, -0.1) is 0 Å². The molecule has 0 atom stereocenters. The van der Waals surface area contributed by atoms with E-state index >= 15 is 0 Å². The van der Waals surface area contributed by atoms with Gasteiger partial charge in [0, 0.05) is 38.8 Å². The summed E-state index contributed by atoms with van der Waals surface area (Å²) in [7, 11) is 1.70. The van der Waals surface area contributed by atoms with Crippen LogP contribution in [0, 0.1) is 5.92 Å². The van der Waals surface area contributed by atoms with Crippen LogP contribution in [0.5, 0.6) is 0 Å². The standard InChI is InChI=1S/C13H20N4O/c1-15-13(18)11-4-6-17(7-5-11)12-3-2-10(8-14)9-16-12/h2-3,9,11H,4-8,14H2,1H3,(H,15,18). The molecule has 0 spiro atoms. The summed E-state index contributed by atoms with van der Waals surface area (Å²) in [4.78, 5) is 18.2. The number of aromatic nitrogens is 1. The van der Waals surface area contributed by atoms with Crippen LogP contribution in [0.4, 0.5) is 5.82 Å². The van der Waals surface area contributed by atoms with Crippen molar-refractivity contribution in [1.29, 1.82) is 0 Å². The van der Waals surface area contributed by atoms with Gasteiger partial charge in [-0.05, 0) is 24.5 Å². The number of hydrogen-bond acceptors (Lipinski definition) is 4. The SMILES string of the molecule is CNC(=O)C1CCN(c2ccc(CN)cn2)CC1. The Balaban J connectivity index is 1.94. The number of piperidine rings is 1. The minimum Gasteiger partial charge on any atom is -0.359 e. The van der Waals surface area contributed by atoms with Crippen molar-refractivity contribution in [2.75, 3.05) is 25.0 Å². The van der Waals surface area contributed by atoms with Crippen LogP contribution in [0.1, 0.15) is 18.4 Å². The zero-order valence-electron chi connectivity index (χ0n) is 10.7. The molecule has 1 aromatic heterocycles. The van der Waals surface area contributed by atoms with Gasteiger partial charge in [0.25, 0.3) is 0 Å². The highest BCUT2D eigenvalue weighted by atomic mass is 16.1. The van der Waals surface area contributed by atoms with Crippen molar-refractivity contribution >= 4 is 11.7 Å². The normalized spacial score (nSPS) is 16.7. The summed E-state index contributed by atoms with van der Waals surface area (Å²) in [6, 6.07) is 4.01. The molecule has 1 aliphatic rings. The Morgan fingerprint density at radius 3 is 2.72 bits per heavy atom. The van der Waals surface area contributed by atoms with Gasteiger partial charge < -0.3 is 16.0 Å². The Bertz CT molecular complexity index is 396. The molecule has 2 heterocycles. The third-order valence-electron chi connectivity index (χ3n) is 3.48. The number of carbonyl (C=O) groups is 1. The van der Waals surface area contributed by atoms with Crippen molar-refractivity contribution in [3.8, 4) is 0 Å². The molecule has 1 saturated heterocycles. The second-order valence-electron chi connectivity index (χ2n) is 4.60. The lowest BCUT2D eigenvalue weighted by Crippen LogP contribution is -2.39. The van der Waals surface area contributed by atoms with Gasteiger partial charge in [-0.1, -0.05) is 6.07 Å². The van der Waals surface area contributed by atoms with Crippen LogP contribution < -0.4 is 16.0 Å². The number of hydrogen-bond donors (Lipinski definition) is 2. The molecule has 5 heteroatoms. The van der Waals surface area contributed by atoms with Crippen LogP contribution in [0.2, 0.25) is 0 Å². The second kappa shape index (κ2) is 5.82. The molecular weight excluding hydrogens is 228 g/mol. The monoisotopic (exact) mass is 248 g/mol. The number of nitrogens with two attached hydrogens (primary N) is 1. The highest BCUT2D eigenvalue weighted by molar-refractivity contribution is 5.78. The Morgan fingerprint density at radius 2 is 2.22 bits per heavy atom. The molecule has 1 amide bonds. The van der Waals surface area contributed by atoms with Crippen LogP contribution in [-0.2, 0) is 11.3 Å². The van der Waals surface area contributed by atoms with Crippen LogP contribution in [0.15, 0.2) is 18.3 Å². The molecule has 0 bridgehead atoms. The highest BCUT2D eigenvalue weighted by Crippen LogP contribution is 2.21. The van der Waals surface area contributed by atoms with Crippen molar-refractivity contribution in [3.63, 3.8) is 0 Å². The van der Waals surface area contributed by atoms with Crippen molar-refractivity contribution < 1.29 is 4.79 Å². The fourth-order valence-corrected chi connectivity index (χ4v) is 2.30. The summed E-state index contributed by atoms with van der Waals surface area (Å²) in [5.74, 6) is 1.28. The molecular formula is C13H20N4O. The topological polar surface area (TPSA) is 71.2 Å². The maximum atomic E-state index is 11.5. The minimum atomic E-state index is 0.148. The van der Waals surface area contributed by atoms with Gasteiger partial charge in [0.1, 0.15) is 5.82 Å². The predicted molar refractivity (Wildman–Crippen MR) is 71.1 cm³/mol. The largest absolute Gasteiger partial charge is 0.359 e. The van der Waals surface area contributed by atoms with E-state index in [1.807, 2.05) is 18.3 Å². The second-order valence-corrected chi connectivity index (χ2v) is 4.60. The molecule has 2 rings (SSSR count). The van der Waals surface area contributed by atoms with E-state index in [0.717, 1.165) is 37.3 Å². The van der Waals surface area contributed by atoms with Gasteiger partial charge in [-0.2, -0.15) is 0 Å². The van der Waals surface area contributed by atoms with Gasteiger partial charge >= 0.3 is 0 Å². The molecule has 18 heavy (non-hydrogen) atoms. The summed E-state index contributed by atoms with van der Waals surface area (Å²) in [5, 5.41) is 2.72. The number of pyridine rings is 1. The molecule has 1 fully saturated rings. The average Bonchev–Trinajstić information content (AvgIpc) is 2.47. The van der Waals surface area contributed by atoms with Crippen molar-refractivity contribution in [3.05, 3.63) is 23.9 Å². The summed E-state index contributed by atoms with van der Waals surface area (Å²) in [6.07, 6.45) is 3.60. The van der Waals surface area contributed by atoms with E-state index in [1.54, 1.807) is 7.05 Å². The first-order chi connectivity index (χ1) is 8.74. The molecule has 0 aliphatic carbocycles. The lowest BCUT2D eigenvalue weighted by Gasteiger charge is -2.31. The Labute approximate surface area is 107 Å². The first-order valence-corrected chi connectivity index (χ1v) is 6.36. The van der Waals surface area contributed by atoms with Gasteiger partial charge in [-0.25, -0.2) is 4.98 Å². The van der Waals surface area contributed by atoms with Crippen LogP contribution in [0.3, 0.4) is 0 Å². The van der Waals surface area contributed by atoms with E-state index in [1.165, 1.54) is 0 Å². The van der Waals surface area contributed by atoms with E-state index in [9.17, 15) is 4.79 Å². The third-order valence-corrected chi connectivity index (χ3v) is 3.48. The zero-order chi connectivity index (χ0) is 13.0. The Morgan fingerprint density at radius 1 is 1.50 bits per heavy atom. The molecule has 98 valence electrons. The summed E-state index contributed by atoms with van der Waals surface area (Å²) in [6.45, 7) is 2.28. The molecule has 5 nitrogen and oxygen atoms in total. The molecule has 0 radical (unpaired) electrons. The van der Waals surface area contributed by atoms with Crippen LogP contribution in [0.25, 0.3) is 0 Å². The van der Waals surface area contributed by atoms with Crippen molar-refractivity contribution in [2.45, 2.75) is 19.4 Å². The van der Waals surface area contributed by atoms with Gasteiger partial charge in [0.2, 0.25) is 5.91 Å². The molecule has 3 N–H and O–H groups in total. The lowest BCUT2D eigenvalue weighted by atomic mass is 9.96. The molecule has 0 saturated carbocycles. The number of anilines is 1. The molecule has 1 aromatic rings. The molecule has 0 aromatic carbocycles. The summed E-state index contributed by atoms with van der Waals surface area (Å²) < 4.78 is 0. The zero-order valence-corrected chi connectivity index (χ0v) is 10.7. The fraction of sp³-hybridized carbons (Fsp3) is 0.538. The van der Waals surface area contributed by atoms with E-state index < -0.39 is 0 Å². The quantitative estimate of drug-likeness (QED) is 0.817. The predicted octanol–water partition coefficient (Wildman–Crippen LogP) is 0.503. The van der Waals surface area contributed by atoms with Crippen LogP contribution >= 0.6 is 0 Å². The van der Waals surface area contributed by atoms with Crippen molar-refractivity contribution in [2.24, 2.45) is 11.7 Å². The highest BCUT2D eigenvalue weighted by Gasteiger charge is 2.24. The number of nitrogens with zero attached hydrogens (tertiary/aromatic N) is 2. The Hall–Kier alpha value is -1.62. The summed E-state index contributed by atoms with van der Waals surface area (Å²) in [5.41, 5.74) is 6.59. The third kappa shape index (κ3) is 2.79. The smallest absolute Gasteiger partial charge is 0.222 e. The van der Waals surface area contributed by atoms with Gasteiger partial charge in [0.15, 0.2) is 0 Å². The maximum absolute atomic E-state index is 11.5.